The minimum absolute atomic E-state index is 0.0584. The van der Waals surface area contributed by atoms with E-state index in [1.165, 1.54) is 18.0 Å². The van der Waals surface area contributed by atoms with Crippen LogP contribution in [0.2, 0.25) is 0 Å². The van der Waals surface area contributed by atoms with E-state index >= 15 is 0 Å². The molecule has 3 N–H and O–H groups in total. The van der Waals surface area contributed by atoms with Crippen LogP contribution in [0, 0.1) is 0 Å². The van der Waals surface area contributed by atoms with Crippen molar-refractivity contribution in [3.05, 3.63) is 22.7 Å². The fourth-order valence-corrected chi connectivity index (χ4v) is 2.83. The number of amides is 1. The number of nitrogens with zero attached hydrogens (tertiary/aromatic N) is 2. The molecule has 0 bridgehead atoms. The van der Waals surface area contributed by atoms with Gasteiger partial charge in [-0.05, 0) is 12.1 Å². The average Bonchev–Trinajstić information content (AvgIpc) is 2.74. The minimum Gasteiger partial charge on any atom is -0.397 e. The van der Waals surface area contributed by atoms with Gasteiger partial charge in [-0.15, -0.1) is 11.3 Å². The number of carbonyl (C=O) groups is 1. The number of aliphatic hydroxyl groups excluding tert-OH is 1. The van der Waals surface area contributed by atoms with E-state index in [4.69, 9.17) is 10.8 Å². The number of hydrogen-bond acceptors (Lipinski definition) is 5. The van der Waals surface area contributed by atoms with Crippen LogP contribution in [0.4, 0.5) is 18.9 Å². The highest BCUT2D eigenvalue weighted by atomic mass is 32.1. The highest BCUT2D eigenvalue weighted by Crippen LogP contribution is 2.36. The van der Waals surface area contributed by atoms with Crippen LogP contribution < -0.4 is 5.73 Å². The van der Waals surface area contributed by atoms with Gasteiger partial charge in [-0.1, -0.05) is 0 Å². The molecule has 0 unspecified atom stereocenters. The number of alkyl halides is 3. The molecule has 2 rings (SSSR count). The van der Waals surface area contributed by atoms with E-state index < -0.39 is 17.8 Å². The SMILES string of the molecule is CN(CCO)C(=O)c1sc2nc(C(F)(F)F)ccc2c1N. The van der Waals surface area contributed by atoms with Crippen molar-refractivity contribution in [2.75, 3.05) is 25.9 Å². The molecular weight excluding hydrogens is 307 g/mol. The molecule has 0 aromatic carbocycles. The van der Waals surface area contributed by atoms with Gasteiger partial charge in [0.1, 0.15) is 15.4 Å². The number of rotatable bonds is 3. The van der Waals surface area contributed by atoms with Crippen LogP contribution >= 0.6 is 11.3 Å². The molecular formula is C12H12F3N3O2S. The number of nitrogen functional groups attached to an aromatic ring is 1. The summed E-state index contributed by atoms with van der Waals surface area (Å²) in [6, 6.07) is 2.04. The van der Waals surface area contributed by atoms with Gasteiger partial charge < -0.3 is 15.7 Å². The maximum atomic E-state index is 12.6. The van der Waals surface area contributed by atoms with Gasteiger partial charge in [-0.3, -0.25) is 4.79 Å². The molecule has 5 nitrogen and oxygen atoms in total. The summed E-state index contributed by atoms with van der Waals surface area (Å²) in [5.41, 5.74) is 4.89. The number of halogens is 3. The molecule has 0 aliphatic rings. The molecule has 0 atom stereocenters. The predicted molar refractivity (Wildman–Crippen MR) is 73.1 cm³/mol. The van der Waals surface area contributed by atoms with Crippen molar-refractivity contribution in [2.45, 2.75) is 6.18 Å². The molecule has 9 heteroatoms. The third-order valence-corrected chi connectivity index (χ3v) is 3.96. The van der Waals surface area contributed by atoms with Crippen LogP contribution in [0.3, 0.4) is 0 Å². The van der Waals surface area contributed by atoms with Crippen molar-refractivity contribution in [2.24, 2.45) is 0 Å². The fraction of sp³-hybridized carbons (Fsp3) is 0.333. The van der Waals surface area contributed by atoms with E-state index in [0.29, 0.717) is 5.39 Å². The number of aliphatic hydroxyl groups is 1. The molecule has 0 saturated heterocycles. The van der Waals surface area contributed by atoms with E-state index in [9.17, 15) is 18.0 Å². The molecule has 0 radical (unpaired) electrons. The van der Waals surface area contributed by atoms with E-state index in [1.54, 1.807) is 0 Å². The monoisotopic (exact) mass is 319 g/mol. The third-order valence-electron chi connectivity index (χ3n) is 2.86. The Bertz CT molecular complexity index is 684. The molecule has 2 aromatic rings. The largest absolute Gasteiger partial charge is 0.433 e. The Morgan fingerprint density at radius 2 is 2.14 bits per heavy atom. The summed E-state index contributed by atoms with van der Waals surface area (Å²) in [4.78, 5) is 17.0. The fourth-order valence-electron chi connectivity index (χ4n) is 1.74. The second-order valence-corrected chi connectivity index (χ2v) is 5.34. The number of carbonyl (C=O) groups excluding carboxylic acids is 1. The number of anilines is 1. The standard InChI is InChI=1S/C12H12F3N3O2S/c1-18(4-5-19)11(20)9-8(16)6-2-3-7(12(13,14)15)17-10(6)21-9/h2-3,19H,4-5,16H2,1H3. The summed E-state index contributed by atoms with van der Waals surface area (Å²) in [6.45, 7) is -0.114. The summed E-state index contributed by atoms with van der Waals surface area (Å²) in [7, 11) is 1.47. The van der Waals surface area contributed by atoms with E-state index in [1.807, 2.05) is 0 Å². The first-order valence-corrected chi connectivity index (χ1v) is 6.70. The van der Waals surface area contributed by atoms with E-state index in [0.717, 1.165) is 17.4 Å². The normalized spacial score (nSPS) is 11.9. The molecule has 0 aliphatic heterocycles. The van der Waals surface area contributed by atoms with Gasteiger partial charge in [0.25, 0.3) is 5.91 Å². The molecule has 1 amide bonds. The van der Waals surface area contributed by atoms with Crippen LogP contribution in [-0.2, 0) is 6.18 Å². The lowest BCUT2D eigenvalue weighted by molar-refractivity contribution is -0.140. The van der Waals surface area contributed by atoms with Crippen molar-refractivity contribution in [3.63, 3.8) is 0 Å². The van der Waals surface area contributed by atoms with Crippen molar-refractivity contribution in [1.29, 1.82) is 0 Å². The van der Waals surface area contributed by atoms with Gasteiger partial charge in [-0.25, -0.2) is 4.98 Å². The second kappa shape index (κ2) is 5.49. The summed E-state index contributed by atoms with van der Waals surface area (Å²) in [5.74, 6) is -0.460. The molecule has 2 heterocycles. The molecule has 0 fully saturated rings. The van der Waals surface area contributed by atoms with Crippen molar-refractivity contribution < 1.29 is 23.1 Å². The zero-order valence-electron chi connectivity index (χ0n) is 10.9. The Morgan fingerprint density at radius 1 is 1.48 bits per heavy atom. The lowest BCUT2D eigenvalue weighted by atomic mass is 10.2. The van der Waals surface area contributed by atoms with Crippen LogP contribution in [0.25, 0.3) is 10.2 Å². The van der Waals surface area contributed by atoms with Crippen molar-refractivity contribution in [1.82, 2.24) is 9.88 Å². The van der Waals surface area contributed by atoms with Gasteiger partial charge >= 0.3 is 6.18 Å². The molecule has 21 heavy (non-hydrogen) atoms. The van der Waals surface area contributed by atoms with Crippen LogP contribution in [0.5, 0.6) is 0 Å². The molecule has 0 aliphatic carbocycles. The number of thiophene rings is 1. The zero-order valence-corrected chi connectivity index (χ0v) is 11.8. The maximum absolute atomic E-state index is 12.6. The van der Waals surface area contributed by atoms with E-state index in [-0.39, 0.29) is 28.5 Å². The topological polar surface area (TPSA) is 79.5 Å². The Labute approximate surface area is 121 Å². The predicted octanol–water partition coefficient (Wildman–Crippen LogP) is 1.96. The Hall–Kier alpha value is -1.87. The van der Waals surface area contributed by atoms with Gasteiger partial charge in [0.05, 0.1) is 12.3 Å². The van der Waals surface area contributed by atoms with Crippen LogP contribution in [-0.4, -0.2) is 41.1 Å². The summed E-state index contributed by atoms with van der Waals surface area (Å²) < 4.78 is 37.9. The van der Waals surface area contributed by atoms with Crippen molar-refractivity contribution >= 4 is 33.1 Å². The number of fused-ring (bicyclic) bond motifs is 1. The quantitative estimate of drug-likeness (QED) is 0.906. The maximum Gasteiger partial charge on any atom is 0.433 e. The Morgan fingerprint density at radius 3 is 2.71 bits per heavy atom. The molecule has 0 spiro atoms. The number of nitrogens with two attached hydrogens (primary N) is 1. The molecule has 2 aromatic heterocycles. The minimum atomic E-state index is -4.55. The lowest BCUT2D eigenvalue weighted by Gasteiger charge is -2.14. The van der Waals surface area contributed by atoms with Crippen molar-refractivity contribution in [3.8, 4) is 0 Å². The van der Waals surface area contributed by atoms with Gasteiger partial charge in [-0.2, -0.15) is 13.2 Å². The van der Waals surface area contributed by atoms with Gasteiger partial charge in [0, 0.05) is 19.0 Å². The number of aromatic nitrogens is 1. The third kappa shape index (κ3) is 2.93. The molecule has 0 saturated carbocycles. The number of pyridine rings is 1. The van der Waals surface area contributed by atoms with Gasteiger partial charge in [0.2, 0.25) is 0 Å². The highest BCUT2D eigenvalue weighted by molar-refractivity contribution is 7.21. The highest BCUT2D eigenvalue weighted by Gasteiger charge is 2.33. The van der Waals surface area contributed by atoms with Crippen LogP contribution in [0.1, 0.15) is 15.4 Å². The lowest BCUT2D eigenvalue weighted by Crippen LogP contribution is -2.29. The smallest absolute Gasteiger partial charge is 0.397 e. The number of likely N-dealkylation sites (N-methyl/N-ethyl adjacent to an activating group) is 1. The van der Waals surface area contributed by atoms with Crippen LogP contribution in [0.15, 0.2) is 12.1 Å². The summed E-state index contributed by atoms with van der Waals surface area (Å²) >= 11 is 0.808. The zero-order chi connectivity index (χ0) is 15.8. The summed E-state index contributed by atoms with van der Waals surface area (Å²) in [5, 5.41) is 9.12. The first-order chi connectivity index (χ1) is 9.75. The number of hydrogen-bond donors (Lipinski definition) is 2. The van der Waals surface area contributed by atoms with E-state index in [2.05, 4.69) is 4.98 Å². The van der Waals surface area contributed by atoms with Gasteiger partial charge in [0.15, 0.2) is 0 Å². The molecule has 114 valence electrons. The second-order valence-electron chi connectivity index (χ2n) is 4.34. The Kier molecular flexibility index (Phi) is 4.06. The average molecular weight is 319 g/mol. The Balaban J connectivity index is 2.48. The first-order valence-electron chi connectivity index (χ1n) is 5.88. The first kappa shape index (κ1) is 15.5. The summed E-state index contributed by atoms with van der Waals surface area (Å²) in [6.07, 6.45) is -4.55.